The van der Waals surface area contributed by atoms with E-state index in [-0.39, 0.29) is 6.04 Å². The van der Waals surface area contributed by atoms with Crippen LogP contribution in [0.2, 0.25) is 0 Å². The molecule has 1 aromatic rings. The Hall–Kier alpha value is -1.07. The Kier molecular flexibility index (Phi) is 6.26. The maximum atomic E-state index is 11.6. The Labute approximate surface area is 140 Å². The summed E-state index contributed by atoms with van der Waals surface area (Å²) in [7, 11) is 0. The van der Waals surface area contributed by atoms with Crippen molar-refractivity contribution in [3.05, 3.63) is 28.2 Å². The van der Waals surface area contributed by atoms with Crippen molar-refractivity contribution >= 4 is 21.9 Å². The van der Waals surface area contributed by atoms with Gasteiger partial charge in [0.05, 0.1) is 6.61 Å². The van der Waals surface area contributed by atoms with Crippen LogP contribution in [-0.4, -0.2) is 35.2 Å². The number of likely N-dealkylation sites (tertiary alicyclic amines) is 1. The number of piperidine rings is 1. The number of benzene rings is 1. The number of nitrogens with zero attached hydrogens (tertiary/aromatic N) is 1. The van der Waals surface area contributed by atoms with Crippen LogP contribution in [0.5, 0.6) is 5.75 Å². The van der Waals surface area contributed by atoms with Crippen LogP contribution in [0, 0.1) is 0 Å². The van der Waals surface area contributed by atoms with Crippen molar-refractivity contribution in [2.24, 2.45) is 0 Å². The third-order valence-corrected chi connectivity index (χ3v) is 4.74. The molecule has 2 rings (SSSR count). The molecule has 1 heterocycles. The number of hydrogen-bond acceptors (Lipinski definition) is 3. The highest BCUT2D eigenvalue weighted by atomic mass is 79.9. The zero-order valence-electron chi connectivity index (χ0n) is 13.2. The predicted octanol–water partition coefficient (Wildman–Crippen LogP) is 4.24. The Morgan fingerprint density at radius 1 is 1.45 bits per heavy atom. The summed E-state index contributed by atoms with van der Waals surface area (Å²) in [5.74, 6) is 0.137. The Morgan fingerprint density at radius 2 is 2.23 bits per heavy atom. The van der Waals surface area contributed by atoms with Crippen molar-refractivity contribution < 1.29 is 14.6 Å². The molecule has 0 bridgehead atoms. The van der Waals surface area contributed by atoms with Crippen LogP contribution in [-0.2, 0) is 4.79 Å². The summed E-state index contributed by atoms with van der Waals surface area (Å²) in [6, 6.07) is 5.66. The largest absolute Gasteiger partial charge is 0.494 e. The van der Waals surface area contributed by atoms with Crippen LogP contribution < -0.4 is 4.74 Å². The van der Waals surface area contributed by atoms with Gasteiger partial charge in [0.25, 0.3) is 0 Å². The third-order valence-electron chi connectivity index (χ3n) is 4.25. The SMILES string of the molecule is CCOc1ccc(Br)cc1C(CC)N1CCCCC1C(=O)O. The van der Waals surface area contributed by atoms with E-state index in [4.69, 9.17) is 4.74 Å². The molecular formula is C17H24BrNO3. The second-order valence-electron chi connectivity index (χ2n) is 5.63. The van der Waals surface area contributed by atoms with Crippen molar-refractivity contribution in [2.75, 3.05) is 13.2 Å². The molecule has 4 nitrogen and oxygen atoms in total. The van der Waals surface area contributed by atoms with Gasteiger partial charge in [-0.05, 0) is 50.9 Å². The Bertz CT molecular complexity index is 521. The molecule has 2 unspecified atom stereocenters. The molecule has 0 aromatic heterocycles. The quantitative estimate of drug-likeness (QED) is 0.814. The molecule has 2 atom stereocenters. The molecule has 1 N–H and O–H groups in total. The Balaban J connectivity index is 2.37. The molecule has 5 heteroatoms. The summed E-state index contributed by atoms with van der Waals surface area (Å²) >= 11 is 3.52. The minimum Gasteiger partial charge on any atom is -0.494 e. The highest BCUT2D eigenvalue weighted by Crippen LogP contribution is 2.37. The van der Waals surface area contributed by atoms with Gasteiger partial charge in [-0.2, -0.15) is 0 Å². The lowest BCUT2D eigenvalue weighted by Crippen LogP contribution is -2.46. The number of carbonyl (C=O) groups is 1. The number of carboxylic acids is 1. The van der Waals surface area contributed by atoms with Crippen LogP contribution in [0.4, 0.5) is 0 Å². The van der Waals surface area contributed by atoms with Gasteiger partial charge in [0.1, 0.15) is 11.8 Å². The zero-order chi connectivity index (χ0) is 16.1. The fourth-order valence-electron chi connectivity index (χ4n) is 3.29. The number of ether oxygens (including phenoxy) is 1. The molecule has 122 valence electrons. The van der Waals surface area contributed by atoms with Gasteiger partial charge in [0.2, 0.25) is 0 Å². The second-order valence-corrected chi connectivity index (χ2v) is 6.54. The standard InChI is InChI=1S/C17H24BrNO3/c1-3-14(19-10-6-5-7-15(19)17(20)21)13-11-12(18)8-9-16(13)22-4-2/h8-9,11,14-15H,3-7,10H2,1-2H3,(H,20,21). The first-order valence-corrected chi connectivity index (χ1v) is 8.78. The zero-order valence-corrected chi connectivity index (χ0v) is 14.8. The second kappa shape index (κ2) is 7.97. The molecule has 1 saturated heterocycles. The number of halogens is 1. The van der Waals surface area contributed by atoms with Gasteiger partial charge in [0.15, 0.2) is 0 Å². The lowest BCUT2D eigenvalue weighted by Gasteiger charge is -2.39. The van der Waals surface area contributed by atoms with Crippen LogP contribution >= 0.6 is 15.9 Å². The van der Waals surface area contributed by atoms with Crippen molar-refractivity contribution in [1.29, 1.82) is 0 Å². The first-order chi connectivity index (χ1) is 10.6. The van der Waals surface area contributed by atoms with Gasteiger partial charge in [0, 0.05) is 16.1 Å². The lowest BCUT2D eigenvalue weighted by atomic mass is 9.94. The fraction of sp³-hybridized carbons (Fsp3) is 0.588. The van der Waals surface area contributed by atoms with Crippen LogP contribution in [0.1, 0.15) is 51.1 Å². The van der Waals surface area contributed by atoms with Gasteiger partial charge in [-0.3, -0.25) is 9.69 Å². The highest BCUT2D eigenvalue weighted by Gasteiger charge is 2.34. The number of carboxylic acid groups (broad SMARTS) is 1. The topological polar surface area (TPSA) is 49.8 Å². The summed E-state index contributed by atoms with van der Waals surface area (Å²) < 4.78 is 6.76. The van der Waals surface area contributed by atoms with Gasteiger partial charge in [-0.15, -0.1) is 0 Å². The van der Waals surface area contributed by atoms with E-state index in [1.807, 2.05) is 19.1 Å². The van der Waals surface area contributed by atoms with Crippen molar-refractivity contribution in [3.63, 3.8) is 0 Å². The van der Waals surface area contributed by atoms with Crippen LogP contribution in [0.15, 0.2) is 22.7 Å². The van der Waals surface area contributed by atoms with E-state index >= 15 is 0 Å². The Morgan fingerprint density at radius 3 is 2.86 bits per heavy atom. The van der Waals surface area contributed by atoms with Crippen molar-refractivity contribution in [1.82, 2.24) is 4.90 Å². The fourth-order valence-corrected chi connectivity index (χ4v) is 3.67. The average molecular weight is 370 g/mol. The monoisotopic (exact) mass is 369 g/mol. The van der Waals surface area contributed by atoms with E-state index in [2.05, 4.69) is 33.8 Å². The third kappa shape index (κ3) is 3.82. The van der Waals surface area contributed by atoms with E-state index in [1.54, 1.807) is 0 Å². The van der Waals surface area contributed by atoms with Crippen LogP contribution in [0.3, 0.4) is 0 Å². The predicted molar refractivity (Wildman–Crippen MR) is 90.3 cm³/mol. The van der Waals surface area contributed by atoms with Gasteiger partial charge < -0.3 is 9.84 Å². The highest BCUT2D eigenvalue weighted by molar-refractivity contribution is 9.10. The number of aliphatic carboxylic acids is 1. The maximum absolute atomic E-state index is 11.6. The first-order valence-electron chi connectivity index (χ1n) is 7.99. The summed E-state index contributed by atoms with van der Waals surface area (Å²) in [5.41, 5.74) is 1.08. The first kappa shape index (κ1) is 17.3. The lowest BCUT2D eigenvalue weighted by molar-refractivity contribution is -0.146. The van der Waals surface area contributed by atoms with Crippen LogP contribution in [0.25, 0.3) is 0 Å². The van der Waals surface area contributed by atoms with E-state index in [0.29, 0.717) is 6.61 Å². The minimum absolute atomic E-state index is 0.0699. The molecule has 1 aliphatic heterocycles. The molecule has 0 spiro atoms. The maximum Gasteiger partial charge on any atom is 0.320 e. The van der Waals surface area contributed by atoms with Crippen molar-refractivity contribution in [2.45, 2.75) is 51.6 Å². The molecular weight excluding hydrogens is 346 g/mol. The van der Waals surface area contributed by atoms with E-state index in [0.717, 1.165) is 48.0 Å². The minimum atomic E-state index is -0.717. The normalized spacial score (nSPS) is 20.6. The summed E-state index contributed by atoms with van der Waals surface area (Å²) in [5, 5.41) is 9.55. The van der Waals surface area contributed by atoms with Gasteiger partial charge in [-0.25, -0.2) is 0 Å². The summed E-state index contributed by atoms with van der Waals surface area (Å²) in [4.78, 5) is 13.7. The van der Waals surface area contributed by atoms with Gasteiger partial charge >= 0.3 is 5.97 Å². The molecule has 0 radical (unpaired) electrons. The molecule has 0 saturated carbocycles. The van der Waals surface area contributed by atoms with Crippen molar-refractivity contribution in [3.8, 4) is 5.75 Å². The van der Waals surface area contributed by atoms with Gasteiger partial charge in [-0.1, -0.05) is 29.3 Å². The van der Waals surface area contributed by atoms with E-state index in [1.165, 1.54) is 0 Å². The van der Waals surface area contributed by atoms with E-state index in [9.17, 15) is 9.90 Å². The average Bonchev–Trinajstić information content (AvgIpc) is 2.51. The molecule has 0 aliphatic carbocycles. The molecule has 22 heavy (non-hydrogen) atoms. The molecule has 1 aliphatic rings. The van der Waals surface area contributed by atoms with E-state index < -0.39 is 12.0 Å². The smallest absolute Gasteiger partial charge is 0.320 e. The summed E-state index contributed by atoms with van der Waals surface area (Å²) in [6.45, 7) is 5.50. The number of rotatable bonds is 6. The molecule has 0 amide bonds. The molecule has 1 fully saturated rings. The summed E-state index contributed by atoms with van der Waals surface area (Å²) in [6.07, 6.45) is 3.63. The molecule has 1 aromatic carbocycles. The number of hydrogen-bond donors (Lipinski definition) is 1.